The van der Waals surface area contributed by atoms with Gasteiger partial charge in [0.1, 0.15) is 5.75 Å². The largest absolute Gasteiger partial charge is 0.507 e. The molecule has 0 saturated carbocycles. The minimum absolute atomic E-state index is 0.316. The maximum Gasteiger partial charge on any atom is 0.124 e. The molecule has 98 valence electrons. The lowest BCUT2D eigenvalue weighted by Crippen LogP contribution is -2.31. The molecule has 1 N–H and O–H groups in total. The van der Waals surface area contributed by atoms with Gasteiger partial charge in [-0.05, 0) is 45.0 Å². The van der Waals surface area contributed by atoms with Crippen LogP contribution in [0.3, 0.4) is 0 Å². The number of piperidine rings is 1. The Bertz CT molecular complexity index is 409. The molecule has 1 fully saturated rings. The molecule has 0 spiro atoms. The number of hydrogen-bond acceptors (Lipinski definition) is 3. The molecule has 0 aliphatic carbocycles. The summed E-state index contributed by atoms with van der Waals surface area (Å²) in [7, 11) is 0. The third-order valence-corrected chi connectivity index (χ3v) is 3.51. The molecule has 18 heavy (non-hydrogen) atoms. The number of benzene rings is 1. The van der Waals surface area contributed by atoms with Crippen LogP contribution in [0.4, 0.5) is 0 Å². The van der Waals surface area contributed by atoms with E-state index in [1.54, 1.807) is 6.07 Å². The zero-order valence-corrected chi connectivity index (χ0v) is 11.1. The molecule has 0 unspecified atom stereocenters. The smallest absolute Gasteiger partial charge is 0.124 e. The van der Waals surface area contributed by atoms with Gasteiger partial charge in [-0.1, -0.05) is 18.6 Å². The summed E-state index contributed by atoms with van der Waals surface area (Å²) in [5, 5.41) is 9.74. The Kier molecular flexibility index (Phi) is 4.76. The van der Waals surface area contributed by atoms with Crippen molar-refractivity contribution in [3.8, 4) is 5.75 Å². The molecule has 1 aromatic rings. The van der Waals surface area contributed by atoms with E-state index in [9.17, 15) is 5.11 Å². The standard InChI is InChI=1S/C15H22N2O/c1-13(14-7-3-4-8-15(14)18)16-9-12-17-10-5-2-6-11-17/h3-4,7-8,18H,2,5-6,9-12H2,1H3. The topological polar surface area (TPSA) is 35.8 Å². The Balaban J connectivity index is 1.87. The first-order valence-electron chi connectivity index (χ1n) is 6.79. The van der Waals surface area contributed by atoms with Gasteiger partial charge in [0.2, 0.25) is 0 Å². The predicted octanol–water partition coefficient (Wildman–Crippen LogP) is 2.69. The summed E-state index contributed by atoms with van der Waals surface area (Å²) in [5.74, 6) is 0.316. The van der Waals surface area contributed by atoms with Gasteiger partial charge in [-0.25, -0.2) is 0 Å². The SMILES string of the molecule is CC(=NCCN1CCCCC1)c1ccccc1O. The maximum atomic E-state index is 9.74. The zero-order chi connectivity index (χ0) is 12.8. The number of hydrogen-bond donors (Lipinski definition) is 1. The fraction of sp³-hybridized carbons (Fsp3) is 0.533. The van der Waals surface area contributed by atoms with Crippen molar-refractivity contribution in [2.75, 3.05) is 26.2 Å². The number of likely N-dealkylation sites (tertiary alicyclic amines) is 1. The van der Waals surface area contributed by atoms with Crippen LogP contribution in [0.2, 0.25) is 0 Å². The van der Waals surface area contributed by atoms with E-state index < -0.39 is 0 Å². The molecule has 1 aromatic carbocycles. The maximum absolute atomic E-state index is 9.74. The van der Waals surface area contributed by atoms with Gasteiger partial charge in [0.15, 0.2) is 0 Å². The molecule has 0 atom stereocenters. The number of aromatic hydroxyl groups is 1. The minimum Gasteiger partial charge on any atom is -0.507 e. The highest BCUT2D eigenvalue weighted by Gasteiger charge is 2.09. The van der Waals surface area contributed by atoms with Gasteiger partial charge in [0, 0.05) is 17.8 Å². The Hall–Kier alpha value is -1.35. The van der Waals surface area contributed by atoms with Crippen molar-refractivity contribution in [2.24, 2.45) is 4.99 Å². The van der Waals surface area contributed by atoms with Gasteiger partial charge < -0.3 is 10.0 Å². The van der Waals surface area contributed by atoms with E-state index in [0.29, 0.717) is 5.75 Å². The first-order valence-corrected chi connectivity index (χ1v) is 6.79. The van der Waals surface area contributed by atoms with Crippen molar-refractivity contribution >= 4 is 5.71 Å². The fourth-order valence-corrected chi connectivity index (χ4v) is 2.41. The number of aliphatic imine (C=N–C) groups is 1. The van der Waals surface area contributed by atoms with E-state index in [1.165, 1.54) is 32.4 Å². The highest BCUT2D eigenvalue weighted by molar-refractivity contribution is 6.00. The van der Waals surface area contributed by atoms with Crippen LogP contribution in [0, 0.1) is 0 Å². The monoisotopic (exact) mass is 246 g/mol. The molecular weight excluding hydrogens is 224 g/mol. The van der Waals surface area contributed by atoms with Crippen LogP contribution in [-0.2, 0) is 0 Å². The van der Waals surface area contributed by atoms with Crippen molar-refractivity contribution in [1.29, 1.82) is 0 Å². The highest BCUT2D eigenvalue weighted by Crippen LogP contribution is 2.16. The van der Waals surface area contributed by atoms with E-state index in [4.69, 9.17) is 0 Å². The fourth-order valence-electron chi connectivity index (χ4n) is 2.41. The summed E-state index contributed by atoms with van der Waals surface area (Å²) < 4.78 is 0. The summed E-state index contributed by atoms with van der Waals surface area (Å²) in [6, 6.07) is 7.38. The molecule has 0 radical (unpaired) electrons. The Morgan fingerprint density at radius 1 is 1.22 bits per heavy atom. The summed E-state index contributed by atoms with van der Waals surface area (Å²) in [5.41, 5.74) is 1.77. The van der Waals surface area contributed by atoms with Crippen molar-refractivity contribution in [1.82, 2.24) is 4.90 Å². The van der Waals surface area contributed by atoms with Crippen molar-refractivity contribution in [3.05, 3.63) is 29.8 Å². The van der Waals surface area contributed by atoms with Gasteiger partial charge in [-0.3, -0.25) is 4.99 Å². The summed E-state index contributed by atoms with van der Waals surface area (Å²) >= 11 is 0. The van der Waals surface area contributed by atoms with Gasteiger partial charge >= 0.3 is 0 Å². The minimum atomic E-state index is 0.316. The van der Waals surface area contributed by atoms with Crippen LogP contribution >= 0.6 is 0 Å². The molecular formula is C15H22N2O. The van der Waals surface area contributed by atoms with E-state index in [1.807, 2.05) is 25.1 Å². The predicted molar refractivity (Wildman–Crippen MR) is 75.5 cm³/mol. The second-order valence-corrected chi connectivity index (χ2v) is 4.89. The molecule has 3 nitrogen and oxygen atoms in total. The van der Waals surface area contributed by atoms with Gasteiger partial charge in [0.25, 0.3) is 0 Å². The lowest BCUT2D eigenvalue weighted by atomic mass is 10.1. The van der Waals surface area contributed by atoms with Crippen LogP contribution in [0.1, 0.15) is 31.7 Å². The molecule has 0 aromatic heterocycles. The summed E-state index contributed by atoms with van der Waals surface area (Å²) in [6.45, 7) is 6.24. The van der Waals surface area contributed by atoms with Crippen LogP contribution < -0.4 is 0 Å². The first kappa shape index (κ1) is 13.1. The number of phenolic OH excluding ortho intramolecular Hbond substituents is 1. The van der Waals surface area contributed by atoms with E-state index in [2.05, 4.69) is 9.89 Å². The molecule has 3 heteroatoms. The molecule has 1 saturated heterocycles. The van der Waals surface area contributed by atoms with Crippen LogP contribution in [0.15, 0.2) is 29.3 Å². The third kappa shape index (κ3) is 3.57. The zero-order valence-electron chi connectivity index (χ0n) is 11.1. The summed E-state index contributed by atoms with van der Waals surface area (Å²) in [6.07, 6.45) is 4.01. The third-order valence-electron chi connectivity index (χ3n) is 3.51. The van der Waals surface area contributed by atoms with Crippen LogP contribution in [0.25, 0.3) is 0 Å². The second-order valence-electron chi connectivity index (χ2n) is 4.89. The van der Waals surface area contributed by atoms with E-state index >= 15 is 0 Å². The summed E-state index contributed by atoms with van der Waals surface area (Å²) in [4.78, 5) is 7.04. The Morgan fingerprint density at radius 2 is 1.94 bits per heavy atom. The molecule has 2 rings (SSSR count). The normalized spacial score (nSPS) is 17.9. The highest BCUT2D eigenvalue weighted by atomic mass is 16.3. The van der Waals surface area contributed by atoms with E-state index in [-0.39, 0.29) is 0 Å². The Morgan fingerprint density at radius 3 is 2.67 bits per heavy atom. The van der Waals surface area contributed by atoms with Gasteiger partial charge in [-0.15, -0.1) is 0 Å². The number of nitrogens with zero attached hydrogens (tertiary/aromatic N) is 2. The van der Waals surface area contributed by atoms with Gasteiger partial charge in [-0.2, -0.15) is 0 Å². The average molecular weight is 246 g/mol. The molecule has 1 aliphatic heterocycles. The first-order chi connectivity index (χ1) is 8.77. The van der Waals surface area contributed by atoms with Crippen LogP contribution in [-0.4, -0.2) is 41.9 Å². The number of para-hydroxylation sites is 1. The van der Waals surface area contributed by atoms with Gasteiger partial charge in [0.05, 0.1) is 6.54 Å². The van der Waals surface area contributed by atoms with Crippen molar-refractivity contribution < 1.29 is 5.11 Å². The quantitative estimate of drug-likeness (QED) is 0.829. The molecule has 1 aliphatic rings. The molecule has 0 amide bonds. The van der Waals surface area contributed by atoms with Crippen molar-refractivity contribution in [3.63, 3.8) is 0 Å². The lowest BCUT2D eigenvalue weighted by molar-refractivity contribution is 0.235. The average Bonchev–Trinajstić information content (AvgIpc) is 2.40. The molecule has 0 bridgehead atoms. The van der Waals surface area contributed by atoms with Crippen LogP contribution in [0.5, 0.6) is 5.75 Å². The molecule has 1 heterocycles. The second kappa shape index (κ2) is 6.55. The van der Waals surface area contributed by atoms with Crippen molar-refractivity contribution in [2.45, 2.75) is 26.2 Å². The Labute approximate surface area is 109 Å². The lowest BCUT2D eigenvalue weighted by Gasteiger charge is -2.25. The number of phenols is 1. The van der Waals surface area contributed by atoms with E-state index in [0.717, 1.165) is 24.4 Å². The number of rotatable bonds is 4.